The molecule has 1 atom stereocenters. The van der Waals surface area contributed by atoms with Crippen molar-refractivity contribution in [3.8, 4) is 17.2 Å². The van der Waals surface area contributed by atoms with Crippen molar-refractivity contribution in [2.24, 2.45) is 5.92 Å². The van der Waals surface area contributed by atoms with Crippen LogP contribution in [0.4, 0.5) is 0 Å². The minimum Gasteiger partial charge on any atom is -0.490 e. The molecule has 170 valence electrons. The van der Waals surface area contributed by atoms with Crippen LogP contribution in [-0.2, 0) is 0 Å². The summed E-state index contributed by atoms with van der Waals surface area (Å²) < 4.78 is 18.4. The molecule has 5 rings (SSSR count). The molecule has 1 unspecified atom stereocenters. The molecule has 0 amide bonds. The lowest BCUT2D eigenvalue weighted by molar-refractivity contribution is 0.0824. The molecule has 3 aromatic carbocycles. The normalized spacial score (nSPS) is 16.2. The first-order valence-corrected chi connectivity index (χ1v) is 11.7. The number of hydrogen-bond donors (Lipinski definition) is 0. The van der Waals surface area contributed by atoms with Crippen LogP contribution in [0.1, 0.15) is 26.2 Å². The maximum atomic E-state index is 13.2. The summed E-state index contributed by atoms with van der Waals surface area (Å²) in [6.07, 6.45) is 3.38. The molecule has 5 heteroatoms. The summed E-state index contributed by atoms with van der Waals surface area (Å²) in [4.78, 5) is 15.6. The maximum absolute atomic E-state index is 13.2. The Hall–Kier alpha value is -3.31. The Morgan fingerprint density at radius 2 is 1.67 bits per heavy atom. The number of hydrogen-bond acceptors (Lipinski definition) is 5. The zero-order valence-electron chi connectivity index (χ0n) is 19.1. The Morgan fingerprint density at radius 3 is 2.42 bits per heavy atom. The minimum atomic E-state index is -0.0599. The maximum Gasteiger partial charge on any atom is 0.200 e. The quantitative estimate of drug-likeness (QED) is 0.330. The summed E-state index contributed by atoms with van der Waals surface area (Å²) >= 11 is 0. The van der Waals surface area contributed by atoms with E-state index >= 15 is 0 Å². The summed E-state index contributed by atoms with van der Waals surface area (Å²) in [7, 11) is 2.17. The van der Waals surface area contributed by atoms with Gasteiger partial charge < -0.3 is 18.8 Å². The van der Waals surface area contributed by atoms with Crippen molar-refractivity contribution in [3.63, 3.8) is 0 Å². The summed E-state index contributed by atoms with van der Waals surface area (Å²) in [5, 5.41) is 1.07. The highest BCUT2D eigenvalue weighted by atomic mass is 16.5. The van der Waals surface area contributed by atoms with Crippen LogP contribution in [0.2, 0.25) is 0 Å². The Labute approximate surface area is 193 Å². The Kier molecular flexibility index (Phi) is 6.05. The van der Waals surface area contributed by atoms with Crippen molar-refractivity contribution in [2.75, 3.05) is 20.1 Å². The molecule has 0 radical (unpaired) electrons. The molecule has 0 aliphatic carbocycles. The molecule has 0 bridgehead atoms. The van der Waals surface area contributed by atoms with Crippen LogP contribution in [0.5, 0.6) is 17.2 Å². The van der Waals surface area contributed by atoms with Gasteiger partial charge in [-0.25, -0.2) is 0 Å². The topological polar surface area (TPSA) is 51.9 Å². The zero-order chi connectivity index (χ0) is 22.8. The second-order valence-corrected chi connectivity index (χ2v) is 8.87. The summed E-state index contributed by atoms with van der Waals surface area (Å²) in [5.74, 6) is 2.62. The van der Waals surface area contributed by atoms with Gasteiger partial charge in [-0.2, -0.15) is 0 Å². The van der Waals surface area contributed by atoms with Crippen molar-refractivity contribution < 1.29 is 13.9 Å². The van der Waals surface area contributed by atoms with E-state index in [0.717, 1.165) is 43.9 Å². The average molecular weight is 444 g/mol. The van der Waals surface area contributed by atoms with E-state index in [-0.39, 0.29) is 11.5 Å². The molecule has 33 heavy (non-hydrogen) atoms. The van der Waals surface area contributed by atoms with Gasteiger partial charge in [0.1, 0.15) is 34.5 Å². The molecule has 4 aromatic rings. The number of likely N-dealkylation sites (tertiary alicyclic amines) is 1. The van der Waals surface area contributed by atoms with Crippen molar-refractivity contribution in [1.29, 1.82) is 0 Å². The van der Waals surface area contributed by atoms with Crippen molar-refractivity contribution in [2.45, 2.75) is 32.3 Å². The van der Waals surface area contributed by atoms with Gasteiger partial charge in [-0.1, -0.05) is 25.1 Å². The van der Waals surface area contributed by atoms with Crippen LogP contribution in [0.15, 0.2) is 75.9 Å². The van der Waals surface area contributed by atoms with E-state index in [4.69, 9.17) is 13.9 Å². The standard InChI is InChI=1S/C28H29NO4/c1-3-25(19-13-15-29(2)16-14-19)32-21-10-12-26-24(17-21)28(30)23-11-9-22(18-27(23)33-26)31-20-7-5-4-6-8-20/h4-12,17-19,25H,3,13-16H2,1-2H3. The first kappa shape index (κ1) is 21.5. The predicted octanol–water partition coefficient (Wildman–Crippen LogP) is 6.24. The largest absolute Gasteiger partial charge is 0.490 e. The van der Waals surface area contributed by atoms with Crippen LogP contribution < -0.4 is 14.9 Å². The van der Waals surface area contributed by atoms with Gasteiger partial charge in [0.25, 0.3) is 0 Å². The van der Waals surface area contributed by atoms with Gasteiger partial charge in [-0.15, -0.1) is 0 Å². The molecule has 1 aliphatic heterocycles. The molecule has 2 heterocycles. The second kappa shape index (κ2) is 9.28. The Morgan fingerprint density at radius 1 is 0.909 bits per heavy atom. The fourth-order valence-electron chi connectivity index (χ4n) is 4.66. The summed E-state index contributed by atoms with van der Waals surface area (Å²) in [6, 6.07) is 20.4. The number of rotatable bonds is 6. The third kappa shape index (κ3) is 4.60. The van der Waals surface area contributed by atoms with Gasteiger partial charge >= 0.3 is 0 Å². The van der Waals surface area contributed by atoms with E-state index in [1.807, 2.05) is 48.5 Å². The van der Waals surface area contributed by atoms with E-state index < -0.39 is 0 Å². The first-order valence-electron chi connectivity index (χ1n) is 11.7. The molecule has 5 nitrogen and oxygen atoms in total. The van der Waals surface area contributed by atoms with E-state index in [2.05, 4.69) is 18.9 Å². The van der Waals surface area contributed by atoms with Gasteiger partial charge in [0, 0.05) is 6.07 Å². The third-order valence-electron chi connectivity index (χ3n) is 6.57. The highest BCUT2D eigenvalue weighted by molar-refractivity contribution is 5.90. The third-order valence-corrected chi connectivity index (χ3v) is 6.57. The molecule has 0 spiro atoms. The number of benzene rings is 3. The Balaban J connectivity index is 1.43. The fourth-order valence-corrected chi connectivity index (χ4v) is 4.66. The number of piperidine rings is 1. The molecule has 1 aromatic heterocycles. The number of fused-ring (bicyclic) bond motifs is 2. The molecule has 1 aliphatic rings. The second-order valence-electron chi connectivity index (χ2n) is 8.87. The van der Waals surface area contributed by atoms with Gasteiger partial charge in [0.05, 0.1) is 10.8 Å². The summed E-state index contributed by atoms with van der Waals surface area (Å²) in [6.45, 7) is 4.38. The highest BCUT2D eigenvalue weighted by Crippen LogP contribution is 2.30. The van der Waals surface area contributed by atoms with Gasteiger partial charge in [0.2, 0.25) is 5.43 Å². The average Bonchev–Trinajstić information content (AvgIpc) is 2.84. The SMILES string of the molecule is CCC(Oc1ccc2oc3cc(Oc4ccccc4)ccc3c(=O)c2c1)C1CCN(C)CC1. The van der Waals surface area contributed by atoms with Crippen LogP contribution in [-0.4, -0.2) is 31.1 Å². The lowest BCUT2D eigenvalue weighted by Gasteiger charge is -2.34. The molecular formula is C28H29NO4. The number of para-hydroxylation sites is 1. The summed E-state index contributed by atoms with van der Waals surface area (Å²) in [5.41, 5.74) is 0.992. The van der Waals surface area contributed by atoms with Crippen LogP contribution >= 0.6 is 0 Å². The lowest BCUT2D eigenvalue weighted by Crippen LogP contribution is -2.37. The number of nitrogens with zero attached hydrogens (tertiary/aromatic N) is 1. The molecule has 0 N–H and O–H groups in total. The van der Waals surface area contributed by atoms with Gasteiger partial charge in [-0.05, 0) is 87.8 Å². The molecule has 1 saturated heterocycles. The predicted molar refractivity (Wildman–Crippen MR) is 131 cm³/mol. The van der Waals surface area contributed by atoms with E-state index in [1.165, 1.54) is 0 Å². The number of ether oxygens (including phenoxy) is 2. The fraction of sp³-hybridized carbons (Fsp3) is 0.321. The van der Waals surface area contributed by atoms with Crippen molar-refractivity contribution in [3.05, 3.63) is 77.0 Å². The molecule has 0 saturated carbocycles. The molecule has 1 fully saturated rings. The smallest absolute Gasteiger partial charge is 0.200 e. The van der Waals surface area contributed by atoms with Crippen LogP contribution in [0.25, 0.3) is 21.9 Å². The van der Waals surface area contributed by atoms with Crippen LogP contribution in [0.3, 0.4) is 0 Å². The minimum absolute atomic E-state index is 0.0599. The van der Waals surface area contributed by atoms with E-state index in [9.17, 15) is 4.79 Å². The Bertz CT molecular complexity index is 1310. The van der Waals surface area contributed by atoms with E-state index in [1.54, 1.807) is 18.2 Å². The zero-order valence-corrected chi connectivity index (χ0v) is 19.1. The van der Waals surface area contributed by atoms with E-state index in [0.29, 0.717) is 33.6 Å². The van der Waals surface area contributed by atoms with Crippen molar-refractivity contribution in [1.82, 2.24) is 4.90 Å². The molecular weight excluding hydrogens is 414 g/mol. The van der Waals surface area contributed by atoms with Gasteiger partial charge in [-0.3, -0.25) is 4.79 Å². The van der Waals surface area contributed by atoms with Crippen molar-refractivity contribution >= 4 is 21.9 Å². The monoisotopic (exact) mass is 443 g/mol. The van der Waals surface area contributed by atoms with Crippen LogP contribution in [0, 0.1) is 5.92 Å². The highest BCUT2D eigenvalue weighted by Gasteiger charge is 2.26. The lowest BCUT2D eigenvalue weighted by atomic mass is 9.90. The van der Waals surface area contributed by atoms with Gasteiger partial charge in [0.15, 0.2) is 0 Å². The first-order chi connectivity index (χ1) is 16.1.